The van der Waals surface area contributed by atoms with Crippen LogP contribution in [0.25, 0.3) is 11.3 Å². The number of hydrogen-bond acceptors (Lipinski definition) is 9. The van der Waals surface area contributed by atoms with Gasteiger partial charge in [-0.3, -0.25) is 14.9 Å². The molecular formula is C22H18ClF4K2N4O7PS. The summed E-state index contributed by atoms with van der Waals surface area (Å²) in [6, 6.07) is 4.27. The van der Waals surface area contributed by atoms with Crippen molar-refractivity contribution in [2.45, 2.75) is 19.0 Å². The number of rotatable bonds is 5. The van der Waals surface area contributed by atoms with Gasteiger partial charge in [0.05, 0.1) is 35.6 Å². The van der Waals surface area contributed by atoms with E-state index in [4.69, 9.17) is 30.8 Å². The summed E-state index contributed by atoms with van der Waals surface area (Å²) in [6.45, 7) is 0.831. The van der Waals surface area contributed by atoms with Crippen LogP contribution in [0.2, 0.25) is 5.02 Å². The molecule has 1 aliphatic heterocycles. The quantitative estimate of drug-likeness (QED) is 0.145. The number of nitrogens with zero attached hydrogens (tertiary/aromatic N) is 3. The smallest absolute Gasteiger partial charge is 0.790 e. The second kappa shape index (κ2) is 17.2. The Morgan fingerprint density at radius 2 is 1.88 bits per heavy atom. The third kappa shape index (κ3) is 11.8. The number of hydrogen-bond donors (Lipinski definition) is 3. The van der Waals surface area contributed by atoms with Crippen molar-refractivity contribution in [1.82, 2.24) is 9.97 Å². The van der Waals surface area contributed by atoms with Crippen LogP contribution in [0.3, 0.4) is 0 Å². The third-order valence-corrected chi connectivity index (χ3v) is 6.49. The summed E-state index contributed by atoms with van der Waals surface area (Å²) in [4.78, 5) is 58.2. The molecule has 0 spiro atoms. The molecule has 11 nitrogen and oxygen atoms in total. The monoisotopic (exact) mass is 702 g/mol. The van der Waals surface area contributed by atoms with Crippen LogP contribution in [0.15, 0.2) is 35.8 Å². The average molecular weight is 703 g/mol. The van der Waals surface area contributed by atoms with Crippen LogP contribution in [0.5, 0.6) is 0 Å². The van der Waals surface area contributed by atoms with Crippen LogP contribution < -0.4 is 123 Å². The maximum Gasteiger partial charge on any atom is 1.00 e. The number of carbonyl (C=O) groups is 2. The Kier molecular flexibility index (Phi) is 16.4. The number of aromatic nitrogens is 2. The van der Waals surface area contributed by atoms with Crippen molar-refractivity contribution in [2.24, 2.45) is 5.92 Å². The number of aliphatic carboxylic acids is 1. The molecule has 4 rings (SSSR count). The molecular weight excluding hydrogens is 685 g/mol. The summed E-state index contributed by atoms with van der Waals surface area (Å²) in [7, 11) is -5.14. The molecule has 1 atom stereocenters. The molecule has 1 fully saturated rings. The van der Waals surface area contributed by atoms with E-state index in [1.807, 2.05) is 0 Å². The maximum absolute atomic E-state index is 14.4. The number of phosphoric acid groups is 1. The first kappa shape index (κ1) is 40.2. The number of anilines is 2. The van der Waals surface area contributed by atoms with Crippen LogP contribution in [0.1, 0.15) is 28.8 Å². The average Bonchev–Trinajstić information content (AvgIpc) is 3.30. The van der Waals surface area contributed by atoms with E-state index >= 15 is 0 Å². The maximum atomic E-state index is 14.4. The van der Waals surface area contributed by atoms with Crippen molar-refractivity contribution in [3.63, 3.8) is 0 Å². The van der Waals surface area contributed by atoms with Crippen LogP contribution >= 0.6 is 30.8 Å². The molecule has 3 heterocycles. The van der Waals surface area contributed by atoms with Gasteiger partial charge < -0.3 is 29.3 Å². The zero-order valence-electron chi connectivity index (χ0n) is 21.9. The number of thiazole rings is 1. The minimum atomic E-state index is -5.14. The Morgan fingerprint density at radius 3 is 2.45 bits per heavy atom. The van der Waals surface area contributed by atoms with E-state index in [1.165, 1.54) is 23.7 Å². The molecule has 0 radical (unpaired) electrons. The van der Waals surface area contributed by atoms with Gasteiger partial charge in [-0.15, -0.1) is 11.3 Å². The van der Waals surface area contributed by atoms with Crippen LogP contribution in [0.4, 0.5) is 28.5 Å². The molecule has 42 heavy (non-hydrogen) atoms. The first-order chi connectivity index (χ1) is 18.5. The predicted octanol–water partition coefficient (Wildman–Crippen LogP) is -2.61. The summed E-state index contributed by atoms with van der Waals surface area (Å²) >= 11 is 7.23. The second-order valence-electron chi connectivity index (χ2n) is 8.28. The molecule has 0 bridgehead atoms. The molecule has 1 aromatic carbocycles. The van der Waals surface area contributed by atoms with Gasteiger partial charge in [-0.1, -0.05) is 17.7 Å². The SMILES string of the molecule is O=C(Nc1nc(-c2cccc(C(F)(F)F)c2F)cs1)c1cnc(N2CCCC(C(=O)O)C2)c(Cl)c1.O=P([O-])([O-])O.[K+].[K+]. The third-order valence-electron chi connectivity index (χ3n) is 5.46. The van der Waals surface area contributed by atoms with Gasteiger partial charge in [0.2, 0.25) is 0 Å². The number of benzene rings is 1. The van der Waals surface area contributed by atoms with Gasteiger partial charge in [0, 0.05) is 30.2 Å². The molecule has 216 valence electrons. The van der Waals surface area contributed by atoms with E-state index in [-0.39, 0.29) is 136 Å². The molecule has 20 heteroatoms. The number of amides is 1. The topological polar surface area (TPSA) is 179 Å². The normalized spacial score (nSPS) is 15.0. The van der Waals surface area contributed by atoms with Crippen molar-refractivity contribution >= 4 is 53.6 Å². The summed E-state index contributed by atoms with van der Waals surface area (Å²) in [5.41, 5.74) is -1.71. The van der Waals surface area contributed by atoms with Gasteiger partial charge in [-0.2, -0.15) is 13.2 Å². The Bertz CT molecular complexity index is 1460. The number of carbonyl (C=O) groups excluding carboxylic acids is 1. The summed E-state index contributed by atoms with van der Waals surface area (Å²) in [5, 5.41) is 13.3. The molecule has 0 saturated carbocycles. The van der Waals surface area contributed by atoms with Gasteiger partial charge in [0.1, 0.15) is 11.6 Å². The predicted molar refractivity (Wildman–Crippen MR) is 132 cm³/mol. The van der Waals surface area contributed by atoms with Gasteiger partial charge in [-0.25, -0.2) is 14.4 Å². The fourth-order valence-electron chi connectivity index (χ4n) is 3.73. The van der Waals surface area contributed by atoms with Crippen molar-refractivity contribution in [3.8, 4) is 11.3 Å². The van der Waals surface area contributed by atoms with E-state index in [0.29, 0.717) is 31.3 Å². The van der Waals surface area contributed by atoms with Crippen LogP contribution in [-0.2, 0) is 15.5 Å². The van der Waals surface area contributed by atoms with Gasteiger partial charge >= 0.3 is 115 Å². The second-order valence-corrected chi connectivity index (χ2v) is 10.5. The van der Waals surface area contributed by atoms with Crippen molar-refractivity contribution < 1.29 is 154 Å². The molecule has 1 aliphatic rings. The Labute approximate surface area is 330 Å². The number of carboxylic acid groups (broad SMARTS) is 1. The zero-order chi connectivity index (χ0) is 29.8. The number of piperidine rings is 1. The molecule has 1 amide bonds. The van der Waals surface area contributed by atoms with Gasteiger partial charge in [-0.05, 0) is 31.0 Å². The fraction of sp³-hybridized carbons (Fsp3) is 0.273. The summed E-state index contributed by atoms with van der Waals surface area (Å²) in [6.07, 6.45) is -2.35. The van der Waals surface area contributed by atoms with Crippen LogP contribution in [-0.4, -0.2) is 44.9 Å². The van der Waals surface area contributed by atoms with E-state index < -0.39 is 43.2 Å². The van der Waals surface area contributed by atoms with E-state index in [2.05, 4.69) is 15.3 Å². The number of carboxylic acids is 1. The number of nitrogens with one attached hydrogen (secondary N) is 1. The van der Waals surface area contributed by atoms with E-state index in [9.17, 15) is 32.3 Å². The minimum Gasteiger partial charge on any atom is -0.790 e. The minimum absolute atomic E-state index is 0. The largest absolute Gasteiger partial charge is 1.00 e. The first-order valence-corrected chi connectivity index (χ1v) is 13.8. The molecule has 1 saturated heterocycles. The molecule has 2 aromatic heterocycles. The molecule has 0 aliphatic carbocycles. The van der Waals surface area contributed by atoms with Crippen molar-refractivity contribution in [2.75, 3.05) is 23.3 Å². The molecule has 3 aromatic rings. The number of pyridine rings is 1. The standard InChI is InChI=1S/C22H17ClF4N4O3S.2K.H3O4P/c23-15-7-12(8-28-18(15)31-6-2-3-11(9-31)20(33)34)19(32)30-21-29-16(10-35-21)13-4-1-5-14(17(13)24)22(25,26)27;;;1-5(2,3)4/h1,4-5,7-8,10-11H,2-3,6,9H2,(H,33,34)(H,29,30,32);;;(H3,1,2,3,4)/q;2*+1;/p-2. The number of alkyl halides is 3. The summed E-state index contributed by atoms with van der Waals surface area (Å²) in [5.74, 6) is -3.14. The van der Waals surface area contributed by atoms with Crippen LogP contribution in [0, 0.1) is 11.7 Å². The Morgan fingerprint density at radius 1 is 1.24 bits per heavy atom. The van der Waals surface area contributed by atoms with E-state index in [0.717, 1.165) is 17.4 Å². The fourth-order valence-corrected chi connectivity index (χ4v) is 4.72. The zero-order valence-corrected chi connectivity index (χ0v) is 30.6. The molecule has 1 unspecified atom stereocenters. The van der Waals surface area contributed by atoms with E-state index in [1.54, 1.807) is 4.90 Å². The van der Waals surface area contributed by atoms with Crippen molar-refractivity contribution in [1.29, 1.82) is 0 Å². The first-order valence-electron chi connectivity index (χ1n) is 11.1. The number of halogens is 5. The molecule has 3 N–H and O–H groups in total. The van der Waals surface area contributed by atoms with Gasteiger partial charge in [0.25, 0.3) is 5.91 Å². The van der Waals surface area contributed by atoms with Crippen molar-refractivity contribution in [3.05, 3.63) is 57.8 Å². The Hall–Kier alpha value is 0.133. The van der Waals surface area contributed by atoms with Gasteiger partial charge in [0.15, 0.2) is 5.13 Å². The Balaban J connectivity index is 0.00000116. The summed E-state index contributed by atoms with van der Waals surface area (Å²) < 4.78 is 62.0.